The van der Waals surface area contributed by atoms with Crippen molar-refractivity contribution in [2.45, 2.75) is 0 Å². The van der Waals surface area contributed by atoms with E-state index in [2.05, 4.69) is 9.97 Å². The summed E-state index contributed by atoms with van der Waals surface area (Å²) in [5.41, 5.74) is 0.331. The van der Waals surface area contributed by atoms with Gasteiger partial charge >= 0.3 is 5.88 Å². The van der Waals surface area contributed by atoms with Crippen LogP contribution in [-0.2, 0) is 0 Å². The lowest BCUT2D eigenvalue weighted by atomic mass is 10.2. The Kier molecular flexibility index (Phi) is 3.07. The number of para-hydroxylation sites is 1. The number of H-pyrrole nitrogens is 1. The molecule has 0 fully saturated rings. The van der Waals surface area contributed by atoms with Crippen molar-refractivity contribution >= 4 is 28.9 Å². The zero-order valence-electron chi connectivity index (χ0n) is 10.6. The van der Waals surface area contributed by atoms with E-state index in [-0.39, 0.29) is 11.4 Å². The van der Waals surface area contributed by atoms with E-state index < -0.39 is 4.92 Å². The molecule has 2 aromatic heterocycles. The molecule has 0 amide bonds. The fourth-order valence-corrected chi connectivity index (χ4v) is 1.87. The van der Waals surface area contributed by atoms with E-state index in [9.17, 15) is 14.9 Å². The highest BCUT2D eigenvalue weighted by molar-refractivity contribution is 5.78. The van der Waals surface area contributed by atoms with Gasteiger partial charge in [0.25, 0.3) is 5.56 Å². The van der Waals surface area contributed by atoms with Crippen molar-refractivity contribution in [3.8, 4) is 0 Å². The number of furan rings is 1. The molecule has 0 radical (unpaired) electrons. The fourth-order valence-electron chi connectivity index (χ4n) is 1.87. The summed E-state index contributed by atoms with van der Waals surface area (Å²) in [7, 11) is 0. The molecule has 0 saturated heterocycles. The maximum atomic E-state index is 11.9. The van der Waals surface area contributed by atoms with E-state index in [0.717, 1.165) is 0 Å². The summed E-state index contributed by atoms with van der Waals surface area (Å²) in [5.74, 6) is 0.310. The Morgan fingerprint density at radius 3 is 2.76 bits per heavy atom. The van der Waals surface area contributed by atoms with Gasteiger partial charge in [0, 0.05) is 0 Å². The molecule has 7 heteroatoms. The Balaban J connectivity index is 1.95. The highest BCUT2D eigenvalue weighted by Gasteiger charge is 2.09. The smallest absolute Gasteiger partial charge is 0.401 e. The summed E-state index contributed by atoms with van der Waals surface area (Å²) < 4.78 is 4.98. The number of nitro groups is 1. The summed E-state index contributed by atoms with van der Waals surface area (Å²) in [5, 5.41) is 11.0. The van der Waals surface area contributed by atoms with Crippen LogP contribution in [0.1, 0.15) is 11.6 Å². The van der Waals surface area contributed by atoms with E-state index in [4.69, 9.17) is 4.42 Å². The lowest BCUT2D eigenvalue weighted by Gasteiger charge is -1.97. The summed E-state index contributed by atoms with van der Waals surface area (Å²) in [6.45, 7) is 0. The zero-order valence-corrected chi connectivity index (χ0v) is 10.6. The Labute approximate surface area is 117 Å². The second kappa shape index (κ2) is 5.04. The zero-order chi connectivity index (χ0) is 14.8. The van der Waals surface area contributed by atoms with E-state index in [1.165, 1.54) is 24.3 Å². The third-order valence-electron chi connectivity index (χ3n) is 2.83. The molecule has 0 bridgehead atoms. The topological polar surface area (TPSA) is 102 Å². The van der Waals surface area contributed by atoms with Crippen molar-refractivity contribution in [3.63, 3.8) is 0 Å². The Morgan fingerprint density at radius 1 is 1.19 bits per heavy atom. The van der Waals surface area contributed by atoms with Crippen molar-refractivity contribution in [2.24, 2.45) is 0 Å². The predicted octanol–water partition coefficient (Wildman–Crippen LogP) is 2.59. The van der Waals surface area contributed by atoms with E-state index in [1.807, 2.05) is 0 Å². The summed E-state index contributed by atoms with van der Waals surface area (Å²) in [6.07, 6.45) is 3.02. The van der Waals surface area contributed by atoms with Crippen LogP contribution in [-0.4, -0.2) is 14.9 Å². The molecular weight excluding hydrogens is 274 g/mol. The van der Waals surface area contributed by atoms with Crippen molar-refractivity contribution in [3.05, 3.63) is 68.5 Å². The summed E-state index contributed by atoms with van der Waals surface area (Å²) >= 11 is 0. The number of nitrogens with one attached hydrogen (secondary N) is 1. The Hall–Kier alpha value is -3.22. The van der Waals surface area contributed by atoms with Crippen molar-refractivity contribution in [2.75, 3.05) is 0 Å². The highest BCUT2D eigenvalue weighted by Crippen LogP contribution is 2.17. The van der Waals surface area contributed by atoms with E-state index in [0.29, 0.717) is 22.5 Å². The molecule has 0 aliphatic heterocycles. The molecular formula is C14H9N3O4. The summed E-state index contributed by atoms with van der Waals surface area (Å²) in [6, 6.07) is 9.70. The predicted molar refractivity (Wildman–Crippen MR) is 76.7 cm³/mol. The number of hydrogen-bond acceptors (Lipinski definition) is 5. The van der Waals surface area contributed by atoms with Crippen LogP contribution in [0.15, 0.2) is 45.6 Å². The van der Waals surface area contributed by atoms with Crippen LogP contribution in [0.25, 0.3) is 23.1 Å². The van der Waals surface area contributed by atoms with E-state index >= 15 is 0 Å². The average molecular weight is 283 g/mol. The molecule has 7 nitrogen and oxygen atoms in total. The molecule has 104 valence electrons. The minimum absolute atomic E-state index is 0.245. The van der Waals surface area contributed by atoms with Gasteiger partial charge in [-0.3, -0.25) is 14.9 Å². The molecule has 3 aromatic rings. The molecule has 1 aromatic carbocycles. The van der Waals surface area contributed by atoms with Crippen LogP contribution in [0.5, 0.6) is 0 Å². The molecule has 0 aliphatic carbocycles. The molecule has 3 rings (SSSR count). The number of hydrogen-bond donors (Lipinski definition) is 1. The van der Waals surface area contributed by atoms with Crippen molar-refractivity contribution in [1.82, 2.24) is 9.97 Å². The first-order valence-electron chi connectivity index (χ1n) is 6.05. The van der Waals surface area contributed by atoms with Gasteiger partial charge in [-0.2, -0.15) is 0 Å². The van der Waals surface area contributed by atoms with Gasteiger partial charge in [0.05, 0.1) is 17.0 Å². The molecule has 1 N–H and O–H groups in total. The highest BCUT2D eigenvalue weighted by atomic mass is 16.6. The maximum absolute atomic E-state index is 11.9. The monoisotopic (exact) mass is 283 g/mol. The number of rotatable bonds is 3. The minimum atomic E-state index is -0.618. The van der Waals surface area contributed by atoms with Gasteiger partial charge in [-0.05, 0) is 30.4 Å². The number of nitrogens with zero attached hydrogens (tertiary/aromatic N) is 2. The Bertz CT molecular complexity index is 908. The van der Waals surface area contributed by atoms with Crippen LogP contribution in [0, 0.1) is 10.1 Å². The number of fused-ring (bicyclic) bond motifs is 1. The second-order valence-electron chi connectivity index (χ2n) is 4.23. The van der Waals surface area contributed by atoms with Gasteiger partial charge in [0.1, 0.15) is 16.5 Å². The SMILES string of the molecule is O=c1[nH]c(C=Cc2ccc([N+](=O)[O-])o2)nc2ccccc12. The molecule has 2 heterocycles. The van der Waals surface area contributed by atoms with Crippen molar-refractivity contribution in [1.29, 1.82) is 0 Å². The molecule has 0 saturated carbocycles. The lowest BCUT2D eigenvalue weighted by Crippen LogP contribution is -2.09. The average Bonchev–Trinajstić information content (AvgIpc) is 2.94. The molecule has 0 atom stereocenters. The Morgan fingerprint density at radius 2 is 2.00 bits per heavy atom. The van der Waals surface area contributed by atoms with Gasteiger partial charge in [-0.1, -0.05) is 12.1 Å². The van der Waals surface area contributed by atoms with Crippen LogP contribution >= 0.6 is 0 Å². The quantitative estimate of drug-likeness (QED) is 0.588. The third-order valence-corrected chi connectivity index (χ3v) is 2.83. The van der Waals surface area contributed by atoms with Crippen LogP contribution in [0.3, 0.4) is 0 Å². The van der Waals surface area contributed by atoms with Crippen LogP contribution in [0.4, 0.5) is 5.88 Å². The molecule has 0 aliphatic rings. The van der Waals surface area contributed by atoms with Crippen molar-refractivity contribution < 1.29 is 9.34 Å². The van der Waals surface area contributed by atoms with Gasteiger partial charge in [0.2, 0.25) is 0 Å². The first-order chi connectivity index (χ1) is 10.1. The number of aromatic nitrogens is 2. The fraction of sp³-hybridized carbons (Fsp3) is 0. The largest absolute Gasteiger partial charge is 0.433 e. The van der Waals surface area contributed by atoms with Crippen LogP contribution in [0.2, 0.25) is 0 Å². The first kappa shape index (κ1) is 12.8. The summed E-state index contributed by atoms with van der Waals surface area (Å²) in [4.78, 5) is 28.6. The first-order valence-corrected chi connectivity index (χ1v) is 6.05. The normalized spacial score (nSPS) is 11.2. The number of aromatic amines is 1. The standard InChI is InChI=1S/C14H9N3O4/c18-14-10-3-1-2-4-11(10)15-12(16-14)7-5-9-6-8-13(21-9)17(19)20/h1-8H,(H,15,16,18). The van der Waals surface area contributed by atoms with Gasteiger partial charge < -0.3 is 9.40 Å². The lowest BCUT2D eigenvalue weighted by molar-refractivity contribution is -0.402. The molecule has 0 unspecified atom stereocenters. The van der Waals surface area contributed by atoms with Gasteiger partial charge in [-0.25, -0.2) is 4.98 Å². The molecule has 0 spiro atoms. The van der Waals surface area contributed by atoms with E-state index in [1.54, 1.807) is 24.3 Å². The number of benzene rings is 1. The second-order valence-corrected chi connectivity index (χ2v) is 4.23. The maximum Gasteiger partial charge on any atom is 0.433 e. The molecule has 21 heavy (non-hydrogen) atoms. The third kappa shape index (κ3) is 2.57. The van der Waals surface area contributed by atoms with Gasteiger partial charge in [-0.15, -0.1) is 0 Å². The van der Waals surface area contributed by atoms with Gasteiger partial charge in [0.15, 0.2) is 0 Å². The minimum Gasteiger partial charge on any atom is -0.401 e. The van der Waals surface area contributed by atoms with Crippen LogP contribution < -0.4 is 5.56 Å².